The van der Waals surface area contributed by atoms with Crippen molar-refractivity contribution in [3.63, 3.8) is 0 Å². The van der Waals surface area contributed by atoms with Crippen molar-refractivity contribution in [2.24, 2.45) is 0 Å². The van der Waals surface area contributed by atoms with Crippen molar-refractivity contribution in [3.8, 4) is 11.5 Å². The van der Waals surface area contributed by atoms with Gasteiger partial charge in [-0.1, -0.05) is 44.1 Å². The number of hydrogen-bond acceptors (Lipinski definition) is 7. The Labute approximate surface area is 174 Å². The highest BCUT2D eigenvalue weighted by Crippen LogP contribution is 2.23. The molecule has 0 radical (unpaired) electrons. The second-order valence-electron chi connectivity index (χ2n) is 7.54. The molecule has 1 aromatic carbocycles. The van der Waals surface area contributed by atoms with Crippen LogP contribution in [0.4, 0.5) is 10.7 Å². The molecule has 0 aliphatic heterocycles. The highest BCUT2D eigenvalue weighted by Gasteiger charge is 2.22. The summed E-state index contributed by atoms with van der Waals surface area (Å²) in [6.07, 6.45) is 1.44. The van der Waals surface area contributed by atoms with Crippen molar-refractivity contribution in [2.75, 3.05) is 12.5 Å². The van der Waals surface area contributed by atoms with Gasteiger partial charge in [-0.05, 0) is 18.2 Å². The molecule has 0 fully saturated rings. The molecule has 3 rings (SSSR count). The molecular weight excluding hydrogens is 386 g/mol. The van der Waals surface area contributed by atoms with Crippen LogP contribution in [-0.2, 0) is 5.41 Å². The van der Waals surface area contributed by atoms with E-state index in [0.29, 0.717) is 11.5 Å². The minimum atomic E-state index is -0.690. The SMILES string of the molecule is CN(C(=O)NNc1cc(C(C)(C)C)no1)C(=O)c1cc(Oc2ccccc2)ccn1. The zero-order valence-electron chi connectivity index (χ0n) is 17.2. The summed E-state index contributed by atoms with van der Waals surface area (Å²) in [5.74, 6) is 0.716. The third kappa shape index (κ3) is 5.13. The Hall–Kier alpha value is -3.88. The molecule has 0 saturated carbocycles. The molecule has 2 heterocycles. The zero-order valence-corrected chi connectivity index (χ0v) is 17.2. The number of nitrogens with zero attached hydrogens (tertiary/aromatic N) is 3. The molecule has 0 atom stereocenters. The van der Waals surface area contributed by atoms with Gasteiger partial charge in [0.05, 0.1) is 5.69 Å². The Kier molecular flexibility index (Phi) is 6.01. The molecule has 30 heavy (non-hydrogen) atoms. The lowest BCUT2D eigenvalue weighted by molar-refractivity contribution is 0.0826. The van der Waals surface area contributed by atoms with E-state index in [2.05, 4.69) is 21.0 Å². The van der Waals surface area contributed by atoms with Crippen LogP contribution in [0.1, 0.15) is 37.0 Å². The van der Waals surface area contributed by atoms with Gasteiger partial charge in [0, 0.05) is 30.8 Å². The van der Waals surface area contributed by atoms with Crippen LogP contribution in [0, 0.1) is 0 Å². The second kappa shape index (κ2) is 8.64. The molecule has 0 unspecified atom stereocenters. The number of amides is 3. The summed E-state index contributed by atoms with van der Waals surface area (Å²) in [5.41, 5.74) is 5.59. The molecule has 0 saturated heterocycles. The van der Waals surface area contributed by atoms with E-state index < -0.39 is 11.9 Å². The van der Waals surface area contributed by atoms with E-state index in [9.17, 15) is 9.59 Å². The number of hydrogen-bond donors (Lipinski definition) is 2. The largest absolute Gasteiger partial charge is 0.457 e. The van der Waals surface area contributed by atoms with Gasteiger partial charge in [0.25, 0.3) is 5.91 Å². The number of para-hydroxylation sites is 1. The summed E-state index contributed by atoms with van der Waals surface area (Å²) in [7, 11) is 1.34. The van der Waals surface area contributed by atoms with Gasteiger partial charge in [0.1, 0.15) is 17.2 Å². The average molecular weight is 409 g/mol. The second-order valence-corrected chi connectivity index (χ2v) is 7.54. The standard InChI is InChI=1S/C21H23N5O4/c1-21(2,3)17-13-18(30-25-17)23-24-20(28)26(4)19(27)16-12-15(10-11-22-16)29-14-8-6-5-7-9-14/h5-13,23H,1-4H3,(H,24,28). The van der Waals surface area contributed by atoms with Gasteiger partial charge in [-0.2, -0.15) is 0 Å². The number of pyridine rings is 1. The van der Waals surface area contributed by atoms with Gasteiger partial charge in [-0.15, -0.1) is 0 Å². The van der Waals surface area contributed by atoms with Crippen LogP contribution in [-0.4, -0.2) is 34.0 Å². The normalized spacial score (nSPS) is 10.9. The summed E-state index contributed by atoms with van der Waals surface area (Å²) in [4.78, 5) is 29.9. The average Bonchev–Trinajstić information content (AvgIpc) is 3.21. The van der Waals surface area contributed by atoms with Gasteiger partial charge in [-0.25, -0.2) is 10.2 Å². The molecule has 0 aliphatic rings. The van der Waals surface area contributed by atoms with Crippen LogP contribution in [0.25, 0.3) is 0 Å². The molecule has 3 aromatic rings. The lowest BCUT2D eigenvalue weighted by Gasteiger charge is -2.16. The Morgan fingerprint density at radius 3 is 2.47 bits per heavy atom. The molecular formula is C21H23N5O4. The minimum Gasteiger partial charge on any atom is -0.457 e. The quantitative estimate of drug-likeness (QED) is 0.614. The molecule has 9 heteroatoms. The maximum Gasteiger partial charge on any atom is 0.342 e. The van der Waals surface area contributed by atoms with E-state index in [0.717, 1.165) is 10.6 Å². The van der Waals surface area contributed by atoms with Gasteiger partial charge in [0.2, 0.25) is 5.88 Å². The number of anilines is 1. The summed E-state index contributed by atoms with van der Waals surface area (Å²) < 4.78 is 10.8. The van der Waals surface area contributed by atoms with Gasteiger partial charge < -0.3 is 9.26 Å². The van der Waals surface area contributed by atoms with E-state index in [1.807, 2.05) is 39.0 Å². The van der Waals surface area contributed by atoms with Crippen LogP contribution in [0.3, 0.4) is 0 Å². The van der Waals surface area contributed by atoms with Gasteiger partial charge in [0.15, 0.2) is 0 Å². The summed E-state index contributed by atoms with van der Waals surface area (Å²) in [6, 6.07) is 13.2. The smallest absolute Gasteiger partial charge is 0.342 e. The van der Waals surface area contributed by atoms with Gasteiger partial charge >= 0.3 is 6.03 Å². The summed E-state index contributed by atoms with van der Waals surface area (Å²) >= 11 is 0. The number of carbonyl (C=O) groups excluding carboxylic acids is 2. The Bertz CT molecular complexity index is 1030. The van der Waals surface area contributed by atoms with Crippen molar-refractivity contribution in [1.29, 1.82) is 0 Å². The van der Waals surface area contributed by atoms with Crippen molar-refractivity contribution in [2.45, 2.75) is 26.2 Å². The Balaban J connectivity index is 1.61. The maximum atomic E-state index is 12.6. The van der Waals surface area contributed by atoms with E-state index in [1.165, 1.54) is 19.3 Å². The van der Waals surface area contributed by atoms with Crippen LogP contribution in [0.15, 0.2) is 59.3 Å². The van der Waals surface area contributed by atoms with Crippen LogP contribution in [0.5, 0.6) is 11.5 Å². The number of urea groups is 1. The first-order chi connectivity index (χ1) is 14.2. The number of nitrogens with one attached hydrogen (secondary N) is 2. The molecule has 2 aromatic heterocycles. The van der Waals surface area contributed by atoms with Crippen molar-refractivity contribution < 1.29 is 18.8 Å². The molecule has 2 N–H and O–H groups in total. The van der Waals surface area contributed by atoms with Crippen molar-refractivity contribution in [3.05, 3.63) is 66.1 Å². The minimum absolute atomic E-state index is 0.0655. The number of hydrazine groups is 1. The molecule has 0 aliphatic carbocycles. The summed E-state index contributed by atoms with van der Waals surface area (Å²) in [5, 5.41) is 3.94. The lowest BCUT2D eigenvalue weighted by atomic mass is 9.92. The molecule has 156 valence electrons. The number of aromatic nitrogens is 2. The Morgan fingerprint density at radius 1 is 1.07 bits per heavy atom. The third-order valence-corrected chi connectivity index (χ3v) is 4.11. The van der Waals surface area contributed by atoms with E-state index >= 15 is 0 Å². The molecule has 9 nitrogen and oxygen atoms in total. The van der Waals surface area contributed by atoms with E-state index in [4.69, 9.17) is 9.26 Å². The van der Waals surface area contributed by atoms with Crippen molar-refractivity contribution >= 4 is 17.8 Å². The topological polar surface area (TPSA) is 110 Å². The van der Waals surface area contributed by atoms with Gasteiger partial charge in [-0.3, -0.25) is 20.1 Å². The fraction of sp³-hybridized carbons (Fsp3) is 0.238. The Morgan fingerprint density at radius 2 is 1.80 bits per heavy atom. The van der Waals surface area contributed by atoms with E-state index in [1.54, 1.807) is 24.3 Å². The number of imide groups is 1. The lowest BCUT2D eigenvalue weighted by Crippen LogP contribution is -2.43. The molecule has 0 bridgehead atoms. The number of rotatable bonds is 5. The fourth-order valence-electron chi connectivity index (χ4n) is 2.37. The van der Waals surface area contributed by atoms with Crippen molar-refractivity contribution in [1.82, 2.24) is 20.5 Å². The fourth-order valence-corrected chi connectivity index (χ4v) is 2.37. The van der Waals surface area contributed by atoms with E-state index in [-0.39, 0.29) is 17.0 Å². The first kappa shape index (κ1) is 20.8. The highest BCUT2D eigenvalue weighted by atomic mass is 16.5. The molecule has 0 spiro atoms. The molecule has 3 amide bonds. The first-order valence-electron chi connectivity index (χ1n) is 9.24. The van der Waals surface area contributed by atoms with Crippen LogP contribution < -0.4 is 15.6 Å². The number of benzene rings is 1. The zero-order chi connectivity index (χ0) is 21.7. The van der Waals surface area contributed by atoms with Crippen LogP contribution >= 0.6 is 0 Å². The number of ether oxygens (including phenoxy) is 1. The predicted molar refractivity (Wildman–Crippen MR) is 110 cm³/mol. The van der Waals surface area contributed by atoms with Crippen LogP contribution in [0.2, 0.25) is 0 Å². The monoisotopic (exact) mass is 409 g/mol. The highest BCUT2D eigenvalue weighted by molar-refractivity contribution is 6.03. The predicted octanol–water partition coefficient (Wildman–Crippen LogP) is 3.97. The maximum absolute atomic E-state index is 12.6. The first-order valence-corrected chi connectivity index (χ1v) is 9.24. The number of carbonyl (C=O) groups is 2. The third-order valence-electron chi connectivity index (χ3n) is 4.11. The summed E-state index contributed by atoms with van der Waals surface area (Å²) in [6.45, 7) is 5.97.